The zero-order chi connectivity index (χ0) is 18.7. The van der Waals surface area contributed by atoms with Crippen molar-refractivity contribution in [3.05, 3.63) is 35.3 Å². The van der Waals surface area contributed by atoms with E-state index in [2.05, 4.69) is 45.7 Å². The number of carbonyl (C=O) groups excluding carboxylic acids is 1. The second kappa shape index (κ2) is 7.63. The van der Waals surface area contributed by atoms with E-state index in [0.29, 0.717) is 18.9 Å². The van der Waals surface area contributed by atoms with E-state index in [1.807, 2.05) is 30.8 Å². The van der Waals surface area contributed by atoms with Gasteiger partial charge in [-0.25, -0.2) is 9.48 Å². The number of urea groups is 1. The van der Waals surface area contributed by atoms with Crippen molar-refractivity contribution in [2.75, 3.05) is 18.4 Å². The lowest BCUT2D eigenvalue weighted by atomic mass is 10.1. The van der Waals surface area contributed by atoms with Gasteiger partial charge in [0.1, 0.15) is 5.69 Å². The Hall–Kier alpha value is -2.77. The fourth-order valence-corrected chi connectivity index (χ4v) is 2.77. The van der Waals surface area contributed by atoms with Crippen molar-refractivity contribution in [3.63, 3.8) is 0 Å². The minimum atomic E-state index is -0.150. The zero-order valence-electron chi connectivity index (χ0n) is 15.7. The van der Waals surface area contributed by atoms with Crippen LogP contribution in [0.25, 0.3) is 5.57 Å². The third-order valence-electron chi connectivity index (χ3n) is 4.56. The molecule has 0 unspecified atom stereocenters. The SMILES string of the molecule is Cc1cc(NC(=O)N2CCC=C(c3cn(C(C)C)nn3)CC2)nnc1C. The normalized spacial score (nSPS) is 15.0. The molecule has 3 rings (SSSR count). The molecule has 8 heteroatoms. The molecule has 8 nitrogen and oxygen atoms in total. The van der Waals surface area contributed by atoms with Crippen LogP contribution in [0.4, 0.5) is 10.6 Å². The molecule has 0 fully saturated rings. The van der Waals surface area contributed by atoms with E-state index >= 15 is 0 Å². The zero-order valence-corrected chi connectivity index (χ0v) is 15.7. The van der Waals surface area contributed by atoms with Crippen LogP contribution in [0.2, 0.25) is 0 Å². The lowest BCUT2D eigenvalue weighted by Gasteiger charge is -2.20. The van der Waals surface area contributed by atoms with Crippen molar-refractivity contribution >= 4 is 17.4 Å². The van der Waals surface area contributed by atoms with Crippen LogP contribution < -0.4 is 5.32 Å². The number of anilines is 1. The number of hydrogen-bond donors (Lipinski definition) is 1. The summed E-state index contributed by atoms with van der Waals surface area (Å²) in [6.45, 7) is 9.28. The quantitative estimate of drug-likeness (QED) is 0.914. The van der Waals surface area contributed by atoms with Crippen LogP contribution >= 0.6 is 0 Å². The molecule has 1 aliphatic heterocycles. The number of hydrogen-bond acceptors (Lipinski definition) is 5. The fourth-order valence-electron chi connectivity index (χ4n) is 2.77. The molecule has 0 saturated heterocycles. The van der Waals surface area contributed by atoms with Gasteiger partial charge >= 0.3 is 6.03 Å². The first-order valence-corrected chi connectivity index (χ1v) is 8.92. The topological polar surface area (TPSA) is 88.8 Å². The molecule has 0 saturated carbocycles. The van der Waals surface area contributed by atoms with Crippen molar-refractivity contribution < 1.29 is 4.79 Å². The summed E-state index contributed by atoms with van der Waals surface area (Å²) in [5.41, 5.74) is 3.89. The maximum Gasteiger partial charge on any atom is 0.323 e. The largest absolute Gasteiger partial charge is 0.324 e. The van der Waals surface area contributed by atoms with Gasteiger partial charge in [-0.2, -0.15) is 5.10 Å². The van der Waals surface area contributed by atoms with Gasteiger partial charge in [0.25, 0.3) is 0 Å². The summed E-state index contributed by atoms with van der Waals surface area (Å²) in [6, 6.07) is 1.97. The molecule has 2 aromatic heterocycles. The first-order valence-electron chi connectivity index (χ1n) is 8.92. The molecule has 0 radical (unpaired) electrons. The van der Waals surface area contributed by atoms with E-state index < -0.39 is 0 Å². The van der Waals surface area contributed by atoms with Crippen molar-refractivity contribution in [1.29, 1.82) is 0 Å². The van der Waals surface area contributed by atoms with Crippen molar-refractivity contribution in [3.8, 4) is 0 Å². The van der Waals surface area contributed by atoms with Crippen LogP contribution in [0.15, 0.2) is 18.3 Å². The minimum Gasteiger partial charge on any atom is -0.324 e. The van der Waals surface area contributed by atoms with Crippen molar-refractivity contribution in [2.45, 2.75) is 46.6 Å². The molecule has 3 heterocycles. The Morgan fingerprint density at radius 3 is 2.69 bits per heavy atom. The van der Waals surface area contributed by atoms with E-state index in [1.165, 1.54) is 0 Å². The number of carbonyl (C=O) groups is 1. The highest BCUT2D eigenvalue weighted by atomic mass is 16.2. The smallest absolute Gasteiger partial charge is 0.323 e. The van der Waals surface area contributed by atoms with Crippen molar-refractivity contribution in [2.24, 2.45) is 0 Å². The molecular formula is C18H25N7O. The van der Waals surface area contributed by atoms with Crippen LogP contribution in [-0.2, 0) is 0 Å². The van der Waals surface area contributed by atoms with E-state index in [1.54, 1.807) is 4.90 Å². The average Bonchev–Trinajstić information content (AvgIpc) is 2.97. The van der Waals surface area contributed by atoms with Crippen LogP contribution in [0.1, 0.15) is 49.7 Å². The molecule has 0 spiro atoms. The standard InChI is InChI=1S/C18H25N7O/c1-12(2)25-11-16(21-23-25)15-6-5-8-24(9-7-15)18(26)19-17-10-13(3)14(4)20-22-17/h6,10-12H,5,7-9H2,1-4H3,(H,19,22,26). The van der Waals surface area contributed by atoms with Crippen molar-refractivity contribution in [1.82, 2.24) is 30.1 Å². The van der Waals surface area contributed by atoms with E-state index in [0.717, 1.165) is 35.4 Å². The molecule has 2 amide bonds. The maximum absolute atomic E-state index is 12.5. The third-order valence-corrected chi connectivity index (χ3v) is 4.56. The molecule has 0 aromatic carbocycles. The number of rotatable bonds is 3. The first kappa shape index (κ1) is 18.0. The highest BCUT2D eigenvalue weighted by molar-refractivity contribution is 5.88. The number of aromatic nitrogens is 5. The lowest BCUT2D eigenvalue weighted by Crippen LogP contribution is -2.36. The Balaban J connectivity index is 1.62. The summed E-state index contributed by atoms with van der Waals surface area (Å²) in [5.74, 6) is 0.482. The molecule has 1 N–H and O–H groups in total. The van der Waals surface area contributed by atoms with Gasteiger partial charge in [-0.15, -0.1) is 10.2 Å². The predicted molar refractivity (Wildman–Crippen MR) is 99.7 cm³/mol. The summed E-state index contributed by atoms with van der Waals surface area (Å²) in [7, 11) is 0. The Labute approximate surface area is 153 Å². The van der Waals surface area contributed by atoms with E-state index in [4.69, 9.17) is 0 Å². The van der Waals surface area contributed by atoms with Crippen LogP contribution in [0.3, 0.4) is 0 Å². The second-order valence-electron chi connectivity index (χ2n) is 6.86. The maximum atomic E-state index is 12.5. The average molecular weight is 355 g/mol. The lowest BCUT2D eigenvalue weighted by molar-refractivity contribution is 0.214. The van der Waals surface area contributed by atoms with Gasteiger partial charge < -0.3 is 4.90 Å². The summed E-state index contributed by atoms with van der Waals surface area (Å²) in [4.78, 5) is 14.3. The Bertz CT molecular complexity index is 825. The number of nitrogens with zero attached hydrogens (tertiary/aromatic N) is 6. The van der Waals surface area contributed by atoms with Crippen LogP contribution in [-0.4, -0.2) is 49.2 Å². The van der Waals surface area contributed by atoms with Gasteiger partial charge in [0, 0.05) is 19.1 Å². The van der Waals surface area contributed by atoms with Gasteiger partial charge in [-0.1, -0.05) is 11.3 Å². The van der Waals surface area contributed by atoms with Gasteiger partial charge in [0.15, 0.2) is 5.82 Å². The highest BCUT2D eigenvalue weighted by Crippen LogP contribution is 2.21. The van der Waals surface area contributed by atoms with Crippen LogP contribution in [0, 0.1) is 13.8 Å². The number of nitrogens with one attached hydrogen (secondary N) is 1. The second-order valence-corrected chi connectivity index (χ2v) is 6.86. The van der Waals surface area contributed by atoms with E-state index in [9.17, 15) is 4.79 Å². The molecule has 0 aliphatic carbocycles. The third kappa shape index (κ3) is 4.07. The van der Waals surface area contributed by atoms with Gasteiger partial charge in [0.2, 0.25) is 0 Å². The Morgan fingerprint density at radius 1 is 1.19 bits per heavy atom. The molecule has 138 valence electrons. The van der Waals surface area contributed by atoms with Gasteiger partial charge in [0.05, 0.1) is 11.9 Å². The summed E-state index contributed by atoms with van der Waals surface area (Å²) in [6.07, 6.45) is 5.66. The summed E-state index contributed by atoms with van der Waals surface area (Å²) in [5, 5.41) is 19.4. The summed E-state index contributed by atoms with van der Waals surface area (Å²) >= 11 is 0. The molecular weight excluding hydrogens is 330 g/mol. The fraction of sp³-hybridized carbons (Fsp3) is 0.500. The predicted octanol–water partition coefficient (Wildman–Crippen LogP) is 2.98. The van der Waals surface area contributed by atoms with E-state index in [-0.39, 0.29) is 12.1 Å². The molecule has 0 bridgehead atoms. The monoisotopic (exact) mass is 355 g/mol. The number of amides is 2. The van der Waals surface area contributed by atoms with Gasteiger partial charge in [-0.3, -0.25) is 5.32 Å². The minimum absolute atomic E-state index is 0.150. The number of aryl methyl sites for hydroxylation is 2. The highest BCUT2D eigenvalue weighted by Gasteiger charge is 2.19. The van der Waals surface area contributed by atoms with Crippen LogP contribution in [0.5, 0.6) is 0 Å². The Morgan fingerprint density at radius 2 is 2.00 bits per heavy atom. The summed E-state index contributed by atoms with van der Waals surface area (Å²) < 4.78 is 1.85. The van der Waals surface area contributed by atoms with Gasteiger partial charge in [-0.05, 0) is 57.7 Å². The molecule has 2 aromatic rings. The molecule has 0 atom stereocenters. The molecule has 1 aliphatic rings. The molecule has 26 heavy (non-hydrogen) atoms. The Kier molecular flexibility index (Phi) is 5.29. The first-order chi connectivity index (χ1) is 12.4.